The van der Waals surface area contributed by atoms with Crippen molar-refractivity contribution < 1.29 is 26.4 Å². The fourth-order valence-corrected chi connectivity index (χ4v) is 3.94. The maximum absolute atomic E-state index is 12.9. The quantitative estimate of drug-likeness (QED) is 0.779. The Kier molecular flexibility index (Phi) is 5.31. The lowest BCUT2D eigenvalue weighted by Crippen LogP contribution is -2.45. The number of halogens is 3. The Morgan fingerprint density at radius 1 is 1.15 bits per heavy atom. The summed E-state index contributed by atoms with van der Waals surface area (Å²) >= 11 is 0. The minimum absolute atomic E-state index is 0.0615. The van der Waals surface area contributed by atoms with Crippen LogP contribution in [0.5, 0.6) is 0 Å². The van der Waals surface area contributed by atoms with Crippen molar-refractivity contribution in [3.63, 3.8) is 0 Å². The molecular weight excluding hydrogens is 373 g/mol. The summed E-state index contributed by atoms with van der Waals surface area (Å²) in [6.45, 7) is 6.97. The number of amides is 1. The lowest BCUT2D eigenvalue weighted by molar-refractivity contribution is -0.138. The van der Waals surface area contributed by atoms with E-state index >= 15 is 0 Å². The topological polar surface area (TPSA) is 84.6 Å². The third-order valence-electron chi connectivity index (χ3n) is 3.69. The number of nitrogens with zero attached hydrogens (tertiary/aromatic N) is 4. The predicted molar refractivity (Wildman–Crippen MR) is 87.2 cm³/mol. The summed E-state index contributed by atoms with van der Waals surface area (Å²) in [6.07, 6.45) is -4.04. The number of pyridine rings is 1. The molecule has 2 aromatic rings. The number of rotatable bonds is 5. The molecule has 144 valence electrons. The van der Waals surface area contributed by atoms with Crippen LogP contribution in [0.4, 0.5) is 13.2 Å². The van der Waals surface area contributed by atoms with Gasteiger partial charge in [0.05, 0.1) is 5.56 Å². The molecule has 0 aliphatic rings. The van der Waals surface area contributed by atoms with Gasteiger partial charge in [-0.05, 0) is 39.8 Å². The number of carbonyl (C=O) groups excluding carboxylic acids is 1. The van der Waals surface area contributed by atoms with Crippen LogP contribution in [-0.2, 0) is 20.8 Å². The Morgan fingerprint density at radius 2 is 1.73 bits per heavy atom. The molecule has 0 aliphatic heterocycles. The van der Waals surface area contributed by atoms with Crippen LogP contribution < -0.4 is 0 Å². The fraction of sp³-hybridized carbons (Fsp3) is 0.533. The zero-order chi connectivity index (χ0) is 19.9. The Bertz CT molecular complexity index is 912. The molecule has 2 aromatic heterocycles. The van der Waals surface area contributed by atoms with Crippen molar-refractivity contribution in [2.24, 2.45) is 0 Å². The molecule has 11 heteroatoms. The Hall–Kier alpha value is -2.17. The molecule has 26 heavy (non-hydrogen) atoms. The average Bonchev–Trinajstić information content (AvgIpc) is 2.88. The lowest BCUT2D eigenvalue weighted by atomic mass is 10.2. The van der Waals surface area contributed by atoms with E-state index in [-0.39, 0.29) is 17.7 Å². The smallest absolute Gasteiger partial charge is 0.337 e. The Balaban J connectivity index is 2.45. The van der Waals surface area contributed by atoms with Crippen molar-refractivity contribution in [1.82, 2.24) is 19.5 Å². The van der Waals surface area contributed by atoms with Gasteiger partial charge in [-0.2, -0.15) is 13.2 Å². The number of fused-ring (bicyclic) bond motifs is 1. The highest BCUT2D eigenvalue weighted by Crippen LogP contribution is 2.29. The van der Waals surface area contributed by atoms with Crippen molar-refractivity contribution in [2.75, 3.05) is 5.75 Å². The molecule has 0 aromatic carbocycles. The highest BCUT2D eigenvalue weighted by atomic mass is 32.2. The summed E-state index contributed by atoms with van der Waals surface area (Å²) < 4.78 is 64.5. The number of hydrogen-bond donors (Lipinski definition) is 0. The second-order valence-electron chi connectivity index (χ2n) is 6.37. The minimum Gasteiger partial charge on any atom is -0.337 e. The van der Waals surface area contributed by atoms with Crippen LogP contribution in [0.25, 0.3) is 5.65 Å². The summed E-state index contributed by atoms with van der Waals surface area (Å²) in [5.74, 6) is -1.56. The molecule has 0 bridgehead atoms. The van der Waals surface area contributed by atoms with Crippen molar-refractivity contribution in [2.45, 2.75) is 51.1 Å². The van der Waals surface area contributed by atoms with E-state index in [1.54, 1.807) is 27.7 Å². The third-order valence-corrected chi connectivity index (χ3v) is 5.15. The summed E-state index contributed by atoms with van der Waals surface area (Å²) in [7, 11) is -4.29. The van der Waals surface area contributed by atoms with Crippen LogP contribution in [0.1, 0.15) is 33.3 Å². The minimum atomic E-state index is -4.65. The van der Waals surface area contributed by atoms with E-state index in [1.165, 1.54) is 4.90 Å². The molecule has 2 heterocycles. The van der Waals surface area contributed by atoms with E-state index in [4.69, 9.17) is 0 Å². The molecule has 0 fully saturated rings. The first-order valence-electron chi connectivity index (χ1n) is 7.80. The first-order chi connectivity index (χ1) is 11.8. The van der Waals surface area contributed by atoms with E-state index < -0.39 is 38.4 Å². The number of hydrogen-bond acceptors (Lipinski definition) is 5. The van der Waals surface area contributed by atoms with Crippen LogP contribution in [0.15, 0.2) is 23.5 Å². The number of sulfone groups is 1. The first-order valence-corrected chi connectivity index (χ1v) is 9.45. The van der Waals surface area contributed by atoms with Gasteiger partial charge >= 0.3 is 6.18 Å². The summed E-state index contributed by atoms with van der Waals surface area (Å²) in [4.78, 5) is 13.8. The predicted octanol–water partition coefficient (Wildman–Crippen LogP) is 2.17. The van der Waals surface area contributed by atoms with Crippen LogP contribution in [0.3, 0.4) is 0 Å². The Labute approximate surface area is 148 Å². The van der Waals surface area contributed by atoms with Crippen molar-refractivity contribution in [1.29, 1.82) is 0 Å². The summed E-state index contributed by atoms with van der Waals surface area (Å²) in [5, 5.41) is 6.36. The molecule has 7 nitrogen and oxygen atoms in total. The van der Waals surface area contributed by atoms with Crippen LogP contribution >= 0.6 is 0 Å². The van der Waals surface area contributed by atoms with Gasteiger partial charge in [0.25, 0.3) is 5.16 Å². The molecule has 1 amide bonds. The molecule has 0 N–H and O–H groups in total. The normalized spacial score (nSPS) is 13.0. The molecule has 0 radical (unpaired) electrons. The van der Waals surface area contributed by atoms with Gasteiger partial charge in [-0.15, -0.1) is 10.2 Å². The van der Waals surface area contributed by atoms with Crippen molar-refractivity contribution in [3.05, 3.63) is 23.9 Å². The first kappa shape index (κ1) is 20.1. The monoisotopic (exact) mass is 392 g/mol. The SMILES string of the molecule is CC(C)N(C(=O)CS(=O)(=O)c1nnc2ccc(C(F)(F)F)cn12)C(C)C. The van der Waals surface area contributed by atoms with E-state index in [0.29, 0.717) is 6.20 Å². The molecule has 0 saturated heterocycles. The van der Waals surface area contributed by atoms with Gasteiger partial charge in [0, 0.05) is 18.3 Å². The highest BCUT2D eigenvalue weighted by molar-refractivity contribution is 7.91. The van der Waals surface area contributed by atoms with Crippen LogP contribution in [0, 0.1) is 0 Å². The van der Waals surface area contributed by atoms with E-state index in [0.717, 1.165) is 16.5 Å². The molecule has 0 spiro atoms. The van der Waals surface area contributed by atoms with Gasteiger partial charge < -0.3 is 4.90 Å². The van der Waals surface area contributed by atoms with Gasteiger partial charge in [0.2, 0.25) is 15.7 Å². The zero-order valence-corrected chi connectivity index (χ0v) is 15.5. The van der Waals surface area contributed by atoms with E-state index in [2.05, 4.69) is 10.2 Å². The molecule has 0 atom stereocenters. The van der Waals surface area contributed by atoms with E-state index in [1.807, 2.05) is 0 Å². The zero-order valence-electron chi connectivity index (χ0n) is 14.6. The van der Waals surface area contributed by atoms with Gasteiger partial charge in [0.15, 0.2) is 5.65 Å². The molecule has 2 rings (SSSR count). The standard InChI is InChI=1S/C15H19F3N4O3S/c1-9(2)22(10(3)4)13(23)8-26(24,25)14-20-19-12-6-5-11(7-21(12)14)15(16,17)18/h5-7,9-10H,8H2,1-4H3. The molecule has 0 unspecified atom stereocenters. The number of carbonyl (C=O) groups is 1. The lowest BCUT2D eigenvalue weighted by Gasteiger charge is -2.30. The second-order valence-corrected chi connectivity index (χ2v) is 8.26. The molecular formula is C15H19F3N4O3S. The van der Waals surface area contributed by atoms with E-state index in [9.17, 15) is 26.4 Å². The van der Waals surface area contributed by atoms with Gasteiger partial charge in [0.1, 0.15) is 5.75 Å². The number of aromatic nitrogens is 3. The highest BCUT2D eigenvalue weighted by Gasteiger charge is 2.33. The van der Waals surface area contributed by atoms with Crippen LogP contribution in [-0.4, -0.2) is 51.7 Å². The fourth-order valence-electron chi connectivity index (χ4n) is 2.72. The third kappa shape index (κ3) is 3.97. The average molecular weight is 392 g/mol. The van der Waals surface area contributed by atoms with Crippen molar-refractivity contribution in [3.8, 4) is 0 Å². The summed E-state index contributed by atoms with van der Waals surface area (Å²) in [5.41, 5.74) is -1.10. The second kappa shape index (κ2) is 6.86. The summed E-state index contributed by atoms with van der Waals surface area (Å²) in [6, 6.07) is 1.34. The van der Waals surface area contributed by atoms with Gasteiger partial charge in [-0.25, -0.2) is 8.42 Å². The van der Waals surface area contributed by atoms with Crippen LogP contribution in [0.2, 0.25) is 0 Å². The Morgan fingerprint density at radius 3 is 2.23 bits per heavy atom. The van der Waals surface area contributed by atoms with Gasteiger partial charge in [-0.1, -0.05) is 0 Å². The molecule has 0 aliphatic carbocycles. The van der Waals surface area contributed by atoms with Gasteiger partial charge in [-0.3, -0.25) is 9.20 Å². The molecule has 0 saturated carbocycles. The largest absolute Gasteiger partial charge is 0.417 e. The number of alkyl halides is 3. The maximum Gasteiger partial charge on any atom is 0.417 e. The maximum atomic E-state index is 12.9. The van der Waals surface area contributed by atoms with Crippen molar-refractivity contribution >= 4 is 21.4 Å².